The van der Waals surface area contributed by atoms with Crippen LogP contribution in [0.25, 0.3) is 0 Å². The van der Waals surface area contributed by atoms with Gasteiger partial charge in [-0.05, 0) is 25.0 Å². The van der Waals surface area contributed by atoms with Gasteiger partial charge >= 0.3 is 0 Å². The Morgan fingerprint density at radius 3 is 2.57 bits per heavy atom. The maximum Gasteiger partial charge on any atom is 0.125 e. The minimum absolute atomic E-state index is 0.159. The van der Waals surface area contributed by atoms with Crippen LogP contribution in [0.1, 0.15) is 16.7 Å². The van der Waals surface area contributed by atoms with Crippen molar-refractivity contribution >= 4 is 5.84 Å². The summed E-state index contributed by atoms with van der Waals surface area (Å²) in [7, 11) is 1.64. The molecule has 0 aliphatic heterocycles. The third kappa shape index (κ3) is 2.05. The summed E-state index contributed by atoms with van der Waals surface area (Å²) in [5, 5.41) is 7.25. The van der Waals surface area contributed by atoms with Crippen molar-refractivity contribution in [2.45, 2.75) is 20.3 Å². The standard InChI is InChI=1S/C11H16N2O/c1-7-4-5-9(6-10(12)13)11(14-3)8(7)2/h4-5H,6H2,1-3H3,(H3,12,13). The molecule has 0 spiro atoms. The second-order valence-corrected chi connectivity index (χ2v) is 3.40. The largest absolute Gasteiger partial charge is 0.496 e. The molecule has 0 radical (unpaired) electrons. The summed E-state index contributed by atoms with van der Waals surface area (Å²) < 4.78 is 5.31. The first kappa shape index (κ1) is 10.6. The zero-order chi connectivity index (χ0) is 10.7. The number of methoxy groups -OCH3 is 1. The Balaban J connectivity index is 3.17. The van der Waals surface area contributed by atoms with Gasteiger partial charge in [-0.2, -0.15) is 0 Å². The fourth-order valence-corrected chi connectivity index (χ4v) is 1.47. The zero-order valence-electron chi connectivity index (χ0n) is 8.85. The van der Waals surface area contributed by atoms with Crippen LogP contribution in [0, 0.1) is 19.3 Å². The second-order valence-electron chi connectivity index (χ2n) is 3.40. The van der Waals surface area contributed by atoms with Crippen molar-refractivity contribution in [3.05, 3.63) is 28.8 Å². The molecule has 1 aromatic rings. The predicted molar refractivity (Wildman–Crippen MR) is 58.1 cm³/mol. The van der Waals surface area contributed by atoms with E-state index in [2.05, 4.69) is 0 Å². The van der Waals surface area contributed by atoms with E-state index in [-0.39, 0.29) is 5.84 Å². The van der Waals surface area contributed by atoms with E-state index >= 15 is 0 Å². The zero-order valence-corrected chi connectivity index (χ0v) is 8.85. The van der Waals surface area contributed by atoms with E-state index in [9.17, 15) is 0 Å². The van der Waals surface area contributed by atoms with Gasteiger partial charge in [-0.1, -0.05) is 12.1 Å². The molecule has 0 saturated carbocycles. The molecule has 0 amide bonds. The number of hydrogen-bond donors (Lipinski definition) is 2. The van der Waals surface area contributed by atoms with Gasteiger partial charge in [0.15, 0.2) is 0 Å². The fraction of sp³-hybridized carbons (Fsp3) is 0.364. The summed E-state index contributed by atoms with van der Waals surface area (Å²) in [6, 6.07) is 3.98. The molecular formula is C11H16N2O. The minimum atomic E-state index is 0.159. The van der Waals surface area contributed by atoms with Gasteiger partial charge in [0.25, 0.3) is 0 Å². The summed E-state index contributed by atoms with van der Waals surface area (Å²) in [5.74, 6) is 1.01. The van der Waals surface area contributed by atoms with Crippen molar-refractivity contribution in [1.29, 1.82) is 5.41 Å². The molecule has 3 nitrogen and oxygen atoms in total. The third-order valence-corrected chi connectivity index (χ3v) is 2.34. The number of nitrogens with two attached hydrogens (primary N) is 1. The van der Waals surface area contributed by atoms with Crippen LogP contribution in [-0.4, -0.2) is 12.9 Å². The lowest BCUT2D eigenvalue weighted by atomic mass is 10.0. The number of amidine groups is 1. The van der Waals surface area contributed by atoms with E-state index in [4.69, 9.17) is 15.9 Å². The summed E-state index contributed by atoms with van der Waals surface area (Å²) in [6.45, 7) is 4.05. The molecule has 76 valence electrons. The van der Waals surface area contributed by atoms with E-state index < -0.39 is 0 Å². The molecule has 0 fully saturated rings. The van der Waals surface area contributed by atoms with Gasteiger partial charge in [-0.15, -0.1) is 0 Å². The smallest absolute Gasteiger partial charge is 0.125 e. The van der Waals surface area contributed by atoms with Gasteiger partial charge in [0.05, 0.1) is 12.9 Å². The lowest BCUT2D eigenvalue weighted by Gasteiger charge is -2.12. The normalized spacial score (nSPS) is 9.93. The number of rotatable bonds is 3. The number of hydrogen-bond acceptors (Lipinski definition) is 2. The molecule has 3 heteroatoms. The van der Waals surface area contributed by atoms with Gasteiger partial charge in [0, 0.05) is 12.0 Å². The van der Waals surface area contributed by atoms with Crippen molar-refractivity contribution in [3.63, 3.8) is 0 Å². The highest BCUT2D eigenvalue weighted by atomic mass is 16.5. The van der Waals surface area contributed by atoms with E-state index in [1.165, 1.54) is 5.56 Å². The highest BCUT2D eigenvalue weighted by Crippen LogP contribution is 2.26. The van der Waals surface area contributed by atoms with Gasteiger partial charge in [0.1, 0.15) is 5.75 Å². The molecule has 3 N–H and O–H groups in total. The van der Waals surface area contributed by atoms with Gasteiger partial charge < -0.3 is 10.5 Å². The highest BCUT2D eigenvalue weighted by molar-refractivity contribution is 5.80. The molecule has 0 atom stereocenters. The van der Waals surface area contributed by atoms with Gasteiger partial charge in [-0.25, -0.2) is 0 Å². The van der Waals surface area contributed by atoms with E-state index in [1.54, 1.807) is 7.11 Å². The molecule has 0 aromatic heterocycles. The summed E-state index contributed by atoms with van der Waals surface area (Å²) in [4.78, 5) is 0. The van der Waals surface area contributed by atoms with Crippen LogP contribution in [0.4, 0.5) is 0 Å². The van der Waals surface area contributed by atoms with Crippen molar-refractivity contribution in [2.75, 3.05) is 7.11 Å². The Kier molecular flexibility index (Phi) is 3.12. The fourth-order valence-electron chi connectivity index (χ4n) is 1.47. The first-order valence-electron chi connectivity index (χ1n) is 4.52. The molecule has 0 aliphatic rings. The monoisotopic (exact) mass is 192 g/mol. The van der Waals surface area contributed by atoms with Crippen LogP contribution in [0.2, 0.25) is 0 Å². The van der Waals surface area contributed by atoms with Crippen LogP contribution in [0.15, 0.2) is 12.1 Å². The first-order chi connectivity index (χ1) is 6.56. The second kappa shape index (κ2) is 4.13. The van der Waals surface area contributed by atoms with Crippen LogP contribution in [0.3, 0.4) is 0 Å². The van der Waals surface area contributed by atoms with Crippen LogP contribution in [0.5, 0.6) is 5.75 Å². The summed E-state index contributed by atoms with van der Waals surface area (Å²) in [5.41, 5.74) is 8.64. The van der Waals surface area contributed by atoms with E-state index in [0.717, 1.165) is 16.9 Å². The molecule has 14 heavy (non-hydrogen) atoms. The maximum absolute atomic E-state index is 7.25. The van der Waals surface area contributed by atoms with Crippen molar-refractivity contribution < 1.29 is 4.74 Å². The molecule has 0 bridgehead atoms. The summed E-state index contributed by atoms with van der Waals surface area (Å²) in [6.07, 6.45) is 0.449. The van der Waals surface area contributed by atoms with Gasteiger partial charge in [-0.3, -0.25) is 5.41 Å². The number of ether oxygens (including phenoxy) is 1. The van der Waals surface area contributed by atoms with Gasteiger partial charge in [0.2, 0.25) is 0 Å². The lowest BCUT2D eigenvalue weighted by molar-refractivity contribution is 0.407. The SMILES string of the molecule is COc1c(CC(=N)N)ccc(C)c1C. The number of nitrogens with one attached hydrogen (secondary N) is 1. The van der Waals surface area contributed by atoms with Crippen molar-refractivity contribution in [3.8, 4) is 5.75 Å². The van der Waals surface area contributed by atoms with Crippen molar-refractivity contribution in [1.82, 2.24) is 0 Å². The molecule has 0 unspecified atom stereocenters. The average molecular weight is 192 g/mol. The van der Waals surface area contributed by atoms with Crippen LogP contribution >= 0.6 is 0 Å². The third-order valence-electron chi connectivity index (χ3n) is 2.34. The first-order valence-corrected chi connectivity index (χ1v) is 4.52. The quantitative estimate of drug-likeness (QED) is 0.566. The van der Waals surface area contributed by atoms with E-state index in [1.807, 2.05) is 26.0 Å². The Bertz CT molecular complexity index is 359. The molecule has 1 rings (SSSR count). The van der Waals surface area contributed by atoms with Crippen LogP contribution < -0.4 is 10.5 Å². The maximum atomic E-state index is 7.25. The molecule has 0 heterocycles. The Labute approximate surface area is 84.4 Å². The average Bonchev–Trinajstić information content (AvgIpc) is 2.11. The highest BCUT2D eigenvalue weighted by Gasteiger charge is 2.08. The molecule has 0 saturated heterocycles. The number of aryl methyl sites for hydroxylation is 1. The van der Waals surface area contributed by atoms with E-state index in [0.29, 0.717) is 6.42 Å². The molecule has 0 aliphatic carbocycles. The Hall–Kier alpha value is -1.51. The summed E-state index contributed by atoms with van der Waals surface area (Å²) >= 11 is 0. The molecular weight excluding hydrogens is 176 g/mol. The lowest BCUT2D eigenvalue weighted by Crippen LogP contribution is -2.13. The predicted octanol–water partition coefficient (Wildman–Crippen LogP) is 1.79. The topological polar surface area (TPSA) is 59.1 Å². The molecule has 1 aromatic carbocycles. The minimum Gasteiger partial charge on any atom is -0.496 e. The van der Waals surface area contributed by atoms with Crippen LogP contribution in [-0.2, 0) is 6.42 Å². The Morgan fingerprint density at radius 1 is 1.43 bits per heavy atom. The Morgan fingerprint density at radius 2 is 2.07 bits per heavy atom. The number of benzene rings is 1. The van der Waals surface area contributed by atoms with Crippen molar-refractivity contribution in [2.24, 2.45) is 5.73 Å².